The van der Waals surface area contributed by atoms with Crippen LogP contribution < -0.4 is 14.5 Å². The maximum atomic E-state index is 13.5. The maximum absolute atomic E-state index is 13.5. The molecule has 0 amide bonds. The molecule has 4 aromatic carbocycles. The average Bonchev–Trinajstić information content (AvgIpc) is 3.25. The van der Waals surface area contributed by atoms with Gasteiger partial charge >= 0.3 is 5.97 Å². The molecule has 1 unspecified atom stereocenters. The van der Waals surface area contributed by atoms with Gasteiger partial charge in [0.1, 0.15) is 5.75 Å². The van der Waals surface area contributed by atoms with Gasteiger partial charge in [0.25, 0.3) is 0 Å². The van der Waals surface area contributed by atoms with E-state index in [-0.39, 0.29) is 5.97 Å². The van der Waals surface area contributed by atoms with Crippen molar-refractivity contribution in [3.05, 3.63) is 101 Å². The van der Waals surface area contributed by atoms with Gasteiger partial charge in [-0.05, 0) is 74.9 Å². The summed E-state index contributed by atoms with van der Waals surface area (Å²) in [6, 6.07) is 26.8. The molecule has 0 aliphatic carbocycles. The molecule has 5 nitrogen and oxygen atoms in total. The number of cyclic esters (lactones) is 1. The topological polar surface area (TPSA) is 42.0 Å². The summed E-state index contributed by atoms with van der Waals surface area (Å²) in [6.45, 7) is 12.2. The van der Waals surface area contributed by atoms with E-state index in [1.165, 1.54) is 0 Å². The number of carbonyl (C=O) groups excluding carboxylic acids is 1. The van der Waals surface area contributed by atoms with Crippen molar-refractivity contribution in [1.82, 2.24) is 0 Å². The van der Waals surface area contributed by atoms with E-state index < -0.39 is 5.60 Å². The molecular weight excluding hydrogens is 472 g/mol. The molecule has 38 heavy (non-hydrogen) atoms. The van der Waals surface area contributed by atoms with E-state index in [2.05, 4.69) is 92.1 Å². The number of anilines is 2. The minimum atomic E-state index is -1.13. The van der Waals surface area contributed by atoms with Crippen LogP contribution >= 0.6 is 0 Å². The van der Waals surface area contributed by atoms with Crippen molar-refractivity contribution < 1.29 is 14.3 Å². The van der Waals surface area contributed by atoms with E-state index in [0.29, 0.717) is 11.3 Å². The van der Waals surface area contributed by atoms with Crippen LogP contribution in [0.3, 0.4) is 0 Å². The first-order valence-corrected chi connectivity index (χ1v) is 13.6. The number of fused-ring (bicyclic) bond motifs is 2. The molecule has 5 heteroatoms. The van der Waals surface area contributed by atoms with Crippen molar-refractivity contribution in [2.75, 3.05) is 43.1 Å². The summed E-state index contributed by atoms with van der Waals surface area (Å²) in [5, 5.41) is 2.08. The van der Waals surface area contributed by atoms with E-state index in [9.17, 15) is 4.79 Å². The summed E-state index contributed by atoms with van der Waals surface area (Å²) in [6.07, 6.45) is 0. The van der Waals surface area contributed by atoms with Crippen LogP contribution in [0.2, 0.25) is 0 Å². The molecule has 1 atom stereocenters. The first-order valence-electron chi connectivity index (χ1n) is 13.6. The molecule has 1 aliphatic heterocycles. The Labute approximate surface area is 225 Å². The fourth-order valence-electron chi connectivity index (χ4n) is 5.77. The van der Waals surface area contributed by atoms with Gasteiger partial charge in [-0.15, -0.1) is 0 Å². The Hall–Kier alpha value is -3.99. The van der Waals surface area contributed by atoms with Gasteiger partial charge < -0.3 is 19.3 Å². The SMILES string of the molecule is CCN(CC)c1ccc(C2(c3ccc(N(CC)CC)cc3OC)OC(=O)c3cc4ccccc4cc32)cc1. The van der Waals surface area contributed by atoms with Crippen molar-refractivity contribution in [2.45, 2.75) is 33.3 Å². The Morgan fingerprint density at radius 1 is 0.711 bits per heavy atom. The van der Waals surface area contributed by atoms with E-state index in [0.717, 1.165) is 65.0 Å². The number of hydrogen-bond acceptors (Lipinski definition) is 5. The summed E-state index contributed by atoms with van der Waals surface area (Å²) < 4.78 is 12.5. The Morgan fingerprint density at radius 2 is 1.29 bits per heavy atom. The lowest BCUT2D eigenvalue weighted by Crippen LogP contribution is -2.31. The molecule has 0 spiro atoms. The van der Waals surface area contributed by atoms with Gasteiger partial charge in [0.05, 0.1) is 12.7 Å². The normalized spacial score (nSPS) is 16.3. The molecule has 0 N–H and O–H groups in total. The van der Waals surface area contributed by atoms with Gasteiger partial charge in [0, 0.05) is 60.3 Å². The zero-order valence-corrected chi connectivity index (χ0v) is 23.0. The zero-order valence-electron chi connectivity index (χ0n) is 23.0. The van der Waals surface area contributed by atoms with Crippen LogP contribution in [-0.4, -0.2) is 39.3 Å². The Bertz CT molecular complexity index is 1460. The first kappa shape index (κ1) is 25.7. The number of benzene rings is 4. The molecule has 1 heterocycles. The summed E-state index contributed by atoms with van der Waals surface area (Å²) in [7, 11) is 1.68. The van der Waals surface area contributed by atoms with Gasteiger partial charge in [0.2, 0.25) is 0 Å². The van der Waals surface area contributed by atoms with Crippen molar-refractivity contribution in [1.29, 1.82) is 0 Å². The summed E-state index contributed by atoms with van der Waals surface area (Å²) in [5.74, 6) is 0.365. The number of nitrogens with zero attached hydrogens (tertiary/aromatic N) is 2. The second-order valence-electron chi connectivity index (χ2n) is 9.59. The monoisotopic (exact) mass is 508 g/mol. The molecule has 1 aliphatic rings. The number of carbonyl (C=O) groups is 1. The predicted molar refractivity (Wildman–Crippen MR) is 156 cm³/mol. The lowest BCUT2D eigenvalue weighted by molar-refractivity contribution is 0.0245. The third-order valence-electron chi connectivity index (χ3n) is 7.83. The maximum Gasteiger partial charge on any atom is 0.340 e. The number of hydrogen-bond donors (Lipinski definition) is 0. The third kappa shape index (κ3) is 4.07. The van der Waals surface area contributed by atoms with E-state index in [1.54, 1.807) is 7.11 Å². The fraction of sp³-hybridized carbons (Fsp3) is 0.303. The second-order valence-corrected chi connectivity index (χ2v) is 9.59. The van der Waals surface area contributed by atoms with Gasteiger partial charge in [-0.1, -0.05) is 36.4 Å². The van der Waals surface area contributed by atoms with Gasteiger partial charge in [-0.25, -0.2) is 4.79 Å². The molecule has 0 aromatic heterocycles. The van der Waals surface area contributed by atoms with E-state index >= 15 is 0 Å². The molecular formula is C33H36N2O3. The summed E-state index contributed by atoms with van der Waals surface area (Å²) in [5.41, 5.74) is 4.22. The number of esters is 1. The van der Waals surface area contributed by atoms with Crippen molar-refractivity contribution >= 4 is 28.1 Å². The first-order chi connectivity index (χ1) is 18.5. The summed E-state index contributed by atoms with van der Waals surface area (Å²) in [4.78, 5) is 18.1. The molecule has 0 saturated carbocycles. The van der Waals surface area contributed by atoms with Gasteiger partial charge in [0.15, 0.2) is 5.60 Å². The van der Waals surface area contributed by atoms with Crippen LogP contribution in [0.15, 0.2) is 78.9 Å². The van der Waals surface area contributed by atoms with Crippen LogP contribution in [0.1, 0.15) is 54.7 Å². The van der Waals surface area contributed by atoms with E-state index in [1.807, 2.05) is 24.3 Å². The van der Waals surface area contributed by atoms with Gasteiger partial charge in [-0.3, -0.25) is 0 Å². The largest absolute Gasteiger partial charge is 0.496 e. The Kier molecular flexibility index (Phi) is 7.02. The van der Waals surface area contributed by atoms with Crippen molar-refractivity contribution in [3.8, 4) is 5.75 Å². The highest BCUT2D eigenvalue weighted by atomic mass is 16.6. The van der Waals surface area contributed by atoms with Gasteiger partial charge in [-0.2, -0.15) is 0 Å². The molecule has 5 rings (SSSR count). The quantitative estimate of drug-likeness (QED) is 0.228. The smallest absolute Gasteiger partial charge is 0.340 e. The highest BCUT2D eigenvalue weighted by Gasteiger charge is 2.50. The third-order valence-corrected chi connectivity index (χ3v) is 7.83. The fourth-order valence-corrected chi connectivity index (χ4v) is 5.77. The minimum Gasteiger partial charge on any atom is -0.496 e. The highest BCUT2D eigenvalue weighted by Crippen LogP contribution is 2.51. The summed E-state index contributed by atoms with van der Waals surface area (Å²) >= 11 is 0. The molecule has 0 saturated heterocycles. The minimum absolute atomic E-state index is 0.326. The second kappa shape index (κ2) is 10.4. The average molecular weight is 509 g/mol. The number of methoxy groups -OCH3 is 1. The standard InChI is InChI=1S/C33H36N2O3/c1-6-34(7-2)26-16-14-25(15-17-26)33(29-19-18-27(22-31(29)37-5)35(8-3)9-4)30-21-24-13-11-10-12-23(24)20-28(30)32(36)38-33/h10-22H,6-9H2,1-5H3. The predicted octanol–water partition coefficient (Wildman–Crippen LogP) is 7.00. The Balaban J connectivity index is 1.78. The Morgan fingerprint density at radius 3 is 1.89 bits per heavy atom. The number of rotatable bonds is 9. The highest BCUT2D eigenvalue weighted by molar-refractivity contribution is 6.01. The van der Waals surface area contributed by atoms with Crippen LogP contribution in [0.4, 0.5) is 11.4 Å². The lowest BCUT2D eigenvalue weighted by Gasteiger charge is -2.33. The van der Waals surface area contributed by atoms with Crippen molar-refractivity contribution in [3.63, 3.8) is 0 Å². The molecule has 196 valence electrons. The molecule has 0 radical (unpaired) electrons. The van der Waals surface area contributed by atoms with Crippen LogP contribution in [0, 0.1) is 0 Å². The van der Waals surface area contributed by atoms with E-state index in [4.69, 9.17) is 9.47 Å². The molecule has 0 bridgehead atoms. The zero-order chi connectivity index (χ0) is 26.9. The van der Waals surface area contributed by atoms with Crippen LogP contribution in [0.25, 0.3) is 10.8 Å². The lowest BCUT2D eigenvalue weighted by atomic mass is 9.78. The van der Waals surface area contributed by atoms with Crippen molar-refractivity contribution in [2.24, 2.45) is 0 Å². The molecule has 0 fully saturated rings. The van der Waals surface area contributed by atoms with Crippen LogP contribution in [-0.2, 0) is 10.3 Å². The van der Waals surface area contributed by atoms with Crippen LogP contribution in [0.5, 0.6) is 5.75 Å². The number of ether oxygens (including phenoxy) is 2. The molecule has 4 aromatic rings.